The second-order valence-electron chi connectivity index (χ2n) is 8.11. The van der Waals surface area contributed by atoms with E-state index in [0.717, 1.165) is 30.9 Å². The van der Waals surface area contributed by atoms with Crippen molar-refractivity contribution in [1.29, 1.82) is 0 Å². The van der Waals surface area contributed by atoms with Crippen LogP contribution in [0.1, 0.15) is 37.3 Å². The number of hydrogen-bond acceptors (Lipinski definition) is 5. The number of carbonyl (C=O) groups is 2. The van der Waals surface area contributed by atoms with E-state index in [1.807, 2.05) is 9.80 Å². The molecule has 2 aliphatic rings. The monoisotopic (exact) mass is 454 g/mol. The molecule has 0 N–H and O–H groups in total. The maximum Gasteiger partial charge on any atom is 0.416 e. The summed E-state index contributed by atoms with van der Waals surface area (Å²) >= 11 is 0. The maximum absolute atomic E-state index is 12.8. The number of likely N-dealkylation sites (tertiary alicyclic amines) is 1. The zero-order valence-corrected chi connectivity index (χ0v) is 18.2. The molecule has 2 fully saturated rings. The molecule has 0 bridgehead atoms. The number of piperazine rings is 1. The second-order valence-corrected chi connectivity index (χ2v) is 8.11. The average Bonchev–Trinajstić information content (AvgIpc) is 2.78. The number of alkyl halides is 3. The van der Waals surface area contributed by atoms with Crippen LogP contribution in [0, 0.1) is 0 Å². The first-order valence-corrected chi connectivity index (χ1v) is 10.8. The molecule has 0 aromatic heterocycles. The summed E-state index contributed by atoms with van der Waals surface area (Å²) in [4.78, 5) is 35.0. The Balaban J connectivity index is 1.36. The number of halogens is 3. The van der Waals surface area contributed by atoms with Crippen molar-refractivity contribution in [2.45, 2.75) is 39.0 Å². The standard InChI is InChI=1S/C22H29F3N4O3/c1-17(30)28-13-11-27(12-14-28)8-7-21(31)29-9-5-20(6-10-29)26-32-16-18-3-2-4-19(15-18)22(23,24)25/h2-4,15H,5-14,16H2,1H3. The van der Waals surface area contributed by atoms with E-state index in [2.05, 4.69) is 10.1 Å². The molecule has 2 amide bonds. The number of carbonyl (C=O) groups excluding carboxylic acids is 2. The van der Waals surface area contributed by atoms with Gasteiger partial charge in [-0.1, -0.05) is 17.3 Å². The number of oxime groups is 1. The van der Waals surface area contributed by atoms with Crippen LogP contribution < -0.4 is 0 Å². The van der Waals surface area contributed by atoms with Crippen LogP contribution in [-0.2, 0) is 27.2 Å². The Kier molecular flexibility index (Phi) is 8.11. The van der Waals surface area contributed by atoms with Gasteiger partial charge >= 0.3 is 6.18 Å². The van der Waals surface area contributed by atoms with Gasteiger partial charge in [0.25, 0.3) is 0 Å². The van der Waals surface area contributed by atoms with Crippen molar-refractivity contribution in [3.8, 4) is 0 Å². The first-order valence-electron chi connectivity index (χ1n) is 10.8. The lowest BCUT2D eigenvalue weighted by molar-refractivity contribution is -0.137. The Labute approximate surface area is 185 Å². The molecule has 1 aromatic carbocycles. The smallest absolute Gasteiger partial charge is 0.391 e. The van der Waals surface area contributed by atoms with Crippen LogP contribution in [0.4, 0.5) is 13.2 Å². The molecular weight excluding hydrogens is 425 g/mol. The summed E-state index contributed by atoms with van der Waals surface area (Å²) in [6.07, 6.45) is -2.76. The molecule has 0 atom stereocenters. The van der Waals surface area contributed by atoms with Gasteiger partial charge in [0.1, 0.15) is 6.61 Å². The van der Waals surface area contributed by atoms with Gasteiger partial charge in [0, 0.05) is 72.0 Å². The number of nitrogens with zero attached hydrogens (tertiary/aromatic N) is 4. The van der Waals surface area contributed by atoms with Crippen LogP contribution in [-0.4, -0.2) is 78.0 Å². The normalized spacial score (nSPS) is 17.9. The Morgan fingerprint density at radius 1 is 1.03 bits per heavy atom. The Morgan fingerprint density at radius 3 is 2.34 bits per heavy atom. The lowest BCUT2D eigenvalue weighted by Gasteiger charge is -2.34. The second kappa shape index (κ2) is 10.8. The van der Waals surface area contributed by atoms with Gasteiger partial charge in [-0.25, -0.2) is 0 Å². The number of piperidine rings is 1. The Bertz CT molecular complexity index is 826. The van der Waals surface area contributed by atoms with E-state index in [1.54, 1.807) is 13.0 Å². The molecule has 0 aliphatic carbocycles. The molecule has 0 radical (unpaired) electrons. The third-order valence-electron chi connectivity index (χ3n) is 5.83. The van der Waals surface area contributed by atoms with E-state index in [1.165, 1.54) is 6.07 Å². The van der Waals surface area contributed by atoms with Crippen molar-refractivity contribution in [1.82, 2.24) is 14.7 Å². The summed E-state index contributed by atoms with van der Waals surface area (Å²) in [7, 11) is 0. The van der Waals surface area contributed by atoms with Crippen molar-refractivity contribution in [3.63, 3.8) is 0 Å². The molecule has 0 unspecified atom stereocenters. The van der Waals surface area contributed by atoms with Gasteiger partial charge in [-0.3, -0.25) is 14.5 Å². The molecular formula is C22H29F3N4O3. The Morgan fingerprint density at radius 2 is 1.72 bits per heavy atom. The van der Waals surface area contributed by atoms with Gasteiger partial charge in [0.2, 0.25) is 11.8 Å². The molecule has 2 aliphatic heterocycles. The molecule has 10 heteroatoms. The highest BCUT2D eigenvalue weighted by atomic mass is 19.4. The Hall–Kier alpha value is -2.62. The molecule has 1 aromatic rings. The highest BCUT2D eigenvalue weighted by molar-refractivity contribution is 5.87. The minimum atomic E-state index is -4.38. The highest BCUT2D eigenvalue weighted by Gasteiger charge is 2.30. The van der Waals surface area contributed by atoms with Gasteiger partial charge in [-0.05, 0) is 17.7 Å². The van der Waals surface area contributed by atoms with Gasteiger partial charge in [0.05, 0.1) is 11.3 Å². The molecule has 32 heavy (non-hydrogen) atoms. The van der Waals surface area contributed by atoms with E-state index in [-0.39, 0.29) is 18.4 Å². The van der Waals surface area contributed by atoms with Crippen LogP contribution >= 0.6 is 0 Å². The third kappa shape index (κ3) is 6.94. The third-order valence-corrected chi connectivity index (χ3v) is 5.83. The van der Waals surface area contributed by atoms with Crippen LogP contribution in [0.5, 0.6) is 0 Å². The minimum Gasteiger partial charge on any atom is -0.391 e. The molecule has 2 saturated heterocycles. The molecule has 7 nitrogen and oxygen atoms in total. The van der Waals surface area contributed by atoms with E-state index in [0.29, 0.717) is 57.5 Å². The molecule has 3 rings (SSSR count). The number of benzene rings is 1. The summed E-state index contributed by atoms with van der Waals surface area (Å²) in [5.74, 6) is 0.188. The van der Waals surface area contributed by atoms with Crippen molar-refractivity contribution in [3.05, 3.63) is 35.4 Å². The molecule has 0 saturated carbocycles. The van der Waals surface area contributed by atoms with Crippen molar-refractivity contribution < 1.29 is 27.6 Å². The quantitative estimate of drug-likeness (QED) is 0.620. The average molecular weight is 454 g/mol. The van der Waals surface area contributed by atoms with E-state index in [9.17, 15) is 22.8 Å². The predicted octanol–water partition coefficient (Wildman–Crippen LogP) is 2.75. The largest absolute Gasteiger partial charge is 0.416 e. The van der Waals surface area contributed by atoms with Gasteiger partial charge in [-0.2, -0.15) is 13.2 Å². The maximum atomic E-state index is 12.8. The van der Waals surface area contributed by atoms with E-state index in [4.69, 9.17) is 4.84 Å². The van der Waals surface area contributed by atoms with Crippen LogP contribution in [0.3, 0.4) is 0 Å². The molecule has 0 spiro atoms. The van der Waals surface area contributed by atoms with Gasteiger partial charge in [-0.15, -0.1) is 0 Å². The SMILES string of the molecule is CC(=O)N1CCN(CCC(=O)N2CCC(=NOCc3cccc(C(F)(F)F)c3)CC2)CC1. The lowest BCUT2D eigenvalue weighted by Crippen LogP contribution is -2.49. The van der Waals surface area contributed by atoms with Crippen LogP contribution in [0.2, 0.25) is 0 Å². The zero-order valence-electron chi connectivity index (χ0n) is 18.2. The first-order chi connectivity index (χ1) is 15.2. The van der Waals surface area contributed by atoms with E-state index < -0.39 is 11.7 Å². The van der Waals surface area contributed by atoms with Crippen LogP contribution in [0.15, 0.2) is 29.4 Å². The number of rotatable bonds is 6. The first kappa shape index (κ1) is 24.0. The minimum absolute atomic E-state index is 0.0348. The van der Waals surface area contributed by atoms with Crippen LogP contribution in [0.25, 0.3) is 0 Å². The predicted molar refractivity (Wildman–Crippen MR) is 113 cm³/mol. The fraction of sp³-hybridized carbons (Fsp3) is 0.591. The van der Waals surface area contributed by atoms with Gasteiger partial charge in [0.15, 0.2) is 0 Å². The van der Waals surface area contributed by atoms with Crippen molar-refractivity contribution in [2.75, 3.05) is 45.8 Å². The fourth-order valence-corrected chi connectivity index (χ4v) is 3.84. The molecule has 176 valence electrons. The summed E-state index contributed by atoms with van der Waals surface area (Å²) in [6, 6.07) is 4.99. The number of amides is 2. The van der Waals surface area contributed by atoms with Crippen molar-refractivity contribution >= 4 is 17.5 Å². The zero-order chi connectivity index (χ0) is 23.1. The lowest BCUT2D eigenvalue weighted by atomic mass is 10.1. The number of hydrogen-bond donors (Lipinski definition) is 0. The topological polar surface area (TPSA) is 65.5 Å². The summed E-state index contributed by atoms with van der Waals surface area (Å²) in [5.41, 5.74) is 0.501. The summed E-state index contributed by atoms with van der Waals surface area (Å²) in [5, 5.41) is 4.06. The van der Waals surface area contributed by atoms with Gasteiger partial charge < -0.3 is 14.6 Å². The molecule has 2 heterocycles. The fourth-order valence-electron chi connectivity index (χ4n) is 3.84. The summed E-state index contributed by atoms with van der Waals surface area (Å²) in [6.45, 7) is 6.31. The van der Waals surface area contributed by atoms with E-state index >= 15 is 0 Å². The summed E-state index contributed by atoms with van der Waals surface area (Å²) < 4.78 is 38.3. The highest BCUT2D eigenvalue weighted by Crippen LogP contribution is 2.29. The van der Waals surface area contributed by atoms with Crippen molar-refractivity contribution in [2.24, 2.45) is 5.16 Å².